The van der Waals surface area contributed by atoms with Crippen LogP contribution in [0.4, 0.5) is 13.2 Å². The Morgan fingerprint density at radius 3 is 2.38 bits per heavy atom. The zero-order valence-electron chi connectivity index (χ0n) is 7.02. The minimum absolute atomic E-state index is 0.220. The molecule has 5 heteroatoms. The summed E-state index contributed by atoms with van der Waals surface area (Å²) >= 11 is 0. The van der Waals surface area contributed by atoms with E-state index < -0.39 is 18.2 Å². The summed E-state index contributed by atoms with van der Waals surface area (Å²) in [4.78, 5) is 2.37. The second-order valence-corrected chi connectivity index (χ2v) is 2.80. The Morgan fingerprint density at radius 1 is 1.46 bits per heavy atom. The molecule has 0 spiro atoms. The van der Waals surface area contributed by atoms with E-state index in [1.54, 1.807) is 0 Å². The quantitative estimate of drug-likeness (QED) is 0.741. The fourth-order valence-electron chi connectivity index (χ4n) is 1.13. The van der Waals surface area contributed by atoms with Crippen LogP contribution in [0.25, 0.3) is 0 Å². The first kappa shape index (κ1) is 10.1. The first-order valence-electron chi connectivity index (χ1n) is 3.85. The average Bonchev–Trinajstić information content (AvgIpc) is 2.52. The van der Waals surface area contributed by atoms with Gasteiger partial charge in [0, 0.05) is 6.20 Å². The first-order chi connectivity index (χ1) is 5.92. The molecular formula is C8H10F3NO. The highest BCUT2D eigenvalue weighted by Gasteiger charge is 2.54. The highest BCUT2D eigenvalue weighted by Crippen LogP contribution is 2.40. The van der Waals surface area contributed by atoms with Gasteiger partial charge in [0.15, 0.2) is 5.60 Å². The van der Waals surface area contributed by atoms with Crippen molar-refractivity contribution in [2.75, 3.05) is 0 Å². The van der Waals surface area contributed by atoms with Gasteiger partial charge in [-0.15, -0.1) is 0 Å². The zero-order chi connectivity index (χ0) is 10.1. The molecule has 2 nitrogen and oxygen atoms in total. The number of halogens is 3. The second-order valence-electron chi connectivity index (χ2n) is 2.80. The number of hydrogen-bond donors (Lipinski definition) is 2. The maximum atomic E-state index is 12.4. The van der Waals surface area contributed by atoms with Gasteiger partial charge in [0.2, 0.25) is 0 Å². The van der Waals surface area contributed by atoms with Gasteiger partial charge in [-0.25, -0.2) is 0 Å². The maximum Gasteiger partial charge on any atom is 0.422 e. The van der Waals surface area contributed by atoms with E-state index in [1.165, 1.54) is 25.3 Å². The number of nitrogens with one attached hydrogen (secondary N) is 1. The Bertz CT molecular complexity index is 267. The number of alkyl halides is 3. The van der Waals surface area contributed by atoms with Crippen LogP contribution >= 0.6 is 0 Å². The molecule has 1 unspecified atom stereocenters. The van der Waals surface area contributed by atoms with Crippen molar-refractivity contribution in [2.45, 2.75) is 25.1 Å². The van der Waals surface area contributed by atoms with Crippen LogP contribution in [0.3, 0.4) is 0 Å². The number of aromatic amines is 1. The Kier molecular flexibility index (Phi) is 2.38. The lowest BCUT2D eigenvalue weighted by atomic mass is 9.96. The Hall–Kier alpha value is -0.970. The van der Waals surface area contributed by atoms with E-state index in [4.69, 9.17) is 0 Å². The summed E-state index contributed by atoms with van der Waals surface area (Å²) in [6.07, 6.45) is -3.70. The topological polar surface area (TPSA) is 36.0 Å². The molecule has 2 N–H and O–H groups in total. The van der Waals surface area contributed by atoms with Crippen molar-refractivity contribution >= 4 is 0 Å². The second kappa shape index (κ2) is 3.06. The molecule has 0 radical (unpaired) electrons. The third-order valence-electron chi connectivity index (χ3n) is 2.02. The molecule has 74 valence electrons. The first-order valence-corrected chi connectivity index (χ1v) is 3.85. The van der Waals surface area contributed by atoms with Crippen molar-refractivity contribution in [1.82, 2.24) is 4.98 Å². The molecule has 1 aromatic rings. The van der Waals surface area contributed by atoms with Gasteiger partial charge in [0.25, 0.3) is 0 Å². The van der Waals surface area contributed by atoms with Gasteiger partial charge in [-0.3, -0.25) is 0 Å². The van der Waals surface area contributed by atoms with E-state index in [0.717, 1.165) is 0 Å². The molecule has 0 aliphatic heterocycles. The lowest BCUT2D eigenvalue weighted by Crippen LogP contribution is -2.41. The van der Waals surface area contributed by atoms with Crippen LogP contribution in [0.1, 0.15) is 19.0 Å². The highest BCUT2D eigenvalue weighted by atomic mass is 19.4. The predicted octanol–water partition coefficient (Wildman–Crippen LogP) is 2.17. The lowest BCUT2D eigenvalue weighted by Gasteiger charge is -2.28. The van der Waals surface area contributed by atoms with Crippen molar-refractivity contribution in [3.05, 3.63) is 24.0 Å². The molecule has 0 fully saturated rings. The van der Waals surface area contributed by atoms with Crippen LogP contribution in [0, 0.1) is 0 Å². The smallest absolute Gasteiger partial charge is 0.375 e. The molecule has 1 heterocycles. The third-order valence-corrected chi connectivity index (χ3v) is 2.02. The normalized spacial score (nSPS) is 17.0. The summed E-state index contributed by atoms with van der Waals surface area (Å²) < 4.78 is 37.2. The molecule has 0 aliphatic rings. The van der Waals surface area contributed by atoms with Gasteiger partial charge < -0.3 is 10.1 Å². The molecule has 0 amide bonds. The summed E-state index contributed by atoms with van der Waals surface area (Å²) in [5.41, 5.74) is -2.97. The molecule has 0 saturated heterocycles. The van der Waals surface area contributed by atoms with Crippen molar-refractivity contribution in [1.29, 1.82) is 0 Å². The van der Waals surface area contributed by atoms with Gasteiger partial charge >= 0.3 is 6.18 Å². The van der Waals surface area contributed by atoms with Gasteiger partial charge in [-0.05, 0) is 18.6 Å². The Labute approximate surface area is 73.4 Å². The number of rotatable bonds is 2. The molecule has 0 saturated carbocycles. The van der Waals surface area contributed by atoms with E-state index in [0.29, 0.717) is 0 Å². The van der Waals surface area contributed by atoms with Crippen molar-refractivity contribution < 1.29 is 18.3 Å². The van der Waals surface area contributed by atoms with Crippen LogP contribution in [-0.2, 0) is 5.60 Å². The van der Waals surface area contributed by atoms with Crippen molar-refractivity contribution in [2.24, 2.45) is 0 Å². The van der Waals surface area contributed by atoms with Gasteiger partial charge in [0.05, 0.1) is 5.69 Å². The third kappa shape index (κ3) is 1.56. The summed E-state index contributed by atoms with van der Waals surface area (Å²) in [5.74, 6) is 0. The van der Waals surface area contributed by atoms with E-state index in [1.807, 2.05) is 0 Å². The molecule has 0 aliphatic carbocycles. The zero-order valence-corrected chi connectivity index (χ0v) is 7.02. The van der Waals surface area contributed by atoms with Crippen LogP contribution in [0.15, 0.2) is 18.3 Å². The maximum absolute atomic E-state index is 12.4. The van der Waals surface area contributed by atoms with E-state index in [2.05, 4.69) is 4.98 Å². The van der Waals surface area contributed by atoms with Crippen molar-refractivity contribution in [3.8, 4) is 0 Å². The minimum Gasteiger partial charge on any atom is -0.375 e. The van der Waals surface area contributed by atoms with Crippen LogP contribution in [0.2, 0.25) is 0 Å². The summed E-state index contributed by atoms with van der Waals surface area (Å²) in [5, 5.41) is 9.36. The fourth-order valence-corrected chi connectivity index (χ4v) is 1.13. The lowest BCUT2D eigenvalue weighted by molar-refractivity contribution is -0.269. The largest absolute Gasteiger partial charge is 0.422 e. The monoisotopic (exact) mass is 193 g/mol. The molecule has 1 atom stereocenters. The van der Waals surface area contributed by atoms with E-state index in [9.17, 15) is 18.3 Å². The van der Waals surface area contributed by atoms with Gasteiger partial charge in [0.1, 0.15) is 0 Å². The van der Waals surface area contributed by atoms with Crippen LogP contribution in [0.5, 0.6) is 0 Å². The SMILES string of the molecule is CCC(O)(c1ccc[nH]1)C(F)(F)F. The average molecular weight is 193 g/mol. The molecule has 1 rings (SSSR count). The van der Waals surface area contributed by atoms with Crippen LogP contribution in [-0.4, -0.2) is 16.3 Å². The molecule has 0 bridgehead atoms. The summed E-state index contributed by atoms with van der Waals surface area (Å²) in [7, 11) is 0. The minimum atomic E-state index is -4.65. The molecule has 1 aromatic heterocycles. The number of H-pyrrole nitrogens is 1. The van der Waals surface area contributed by atoms with E-state index in [-0.39, 0.29) is 5.69 Å². The van der Waals surface area contributed by atoms with E-state index >= 15 is 0 Å². The molecular weight excluding hydrogens is 183 g/mol. The van der Waals surface area contributed by atoms with Crippen molar-refractivity contribution in [3.63, 3.8) is 0 Å². The molecule has 13 heavy (non-hydrogen) atoms. The van der Waals surface area contributed by atoms with Gasteiger partial charge in [-0.1, -0.05) is 6.92 Å². The predicted molar refractivity (Wildman–Crippen MR) is 41.0 cm³/mol. The summed E-state index contributed by atoms with van der Waals surface area (Å²) in [6.45, 7) is 1.29. The summed E-state index contributed by atoms with van der Waals surface area (Å²) in [6, 6.07) is 2.64. The fraction of sp³-hybridized carbons (Fsp3) is 0.500. The number of hydrogen-bond acceptors (Lipinski definition) is 1. The van der Waals surface area contributed by atoms with Crippen LogP contribution < -0.4 is 0 Å². The molecule has 0 aromatic carbocycles. The standard InChI is InChI=1S/C8H10F3NO/c1-2-7(13,8(9,10)11)6-4-3-5-12-6/h3-5,12-13H,2H2,1H3. The van der Waals surface area contributed by atoms with Gasteiger partial charge in [-0.2, -0.15) is 13.2 Å². The Balaban J connectivity index is 3.09. The number of aliphatic hydroxyl groups is 1. The Morgan fingerprint density at radius 2 is 2.08 bits per heavy atom. The highest BCUT2D eigenvalue weighted by molar-refractivity contribution is 5.15. The number of aromatic nitrogens is 1.